The molecule has 2 aromatic carbocycles. The van der Waals surface area contributed by atoms with Gasteiger partial charge in [0.2, 0.25) is 5.43 Å². The van der Waals surface area contributed by atoms with Gasteiger partial charge in [0.05, 0.1) is 10.6 Å². The Labute approximate surface area is 117 Å². The van der Waals surface area contributed by atoms with Crippen LogP contribution in [0.2, 0.25) is 0 Å². The number of nitrogens with one attached hydrogen (secondary N) is 1. The Morgan fingerprint density at radius 2 is 1.63 bits per heavy atom. The summed E-state index contributed by atoms with van der Waals surface area (Å²) in [7, 11) is 0. The van der Waals surface area contributed by atoms with Crippen LogP contribution in [0.15, 0.2) is 57.8 Å². The van der Waals surface area contributed by atoms with Gasteiger partial charge in [-0.05, 0) is 36.4 Å². The van der Waals surface area contributed by atoms with Gasteiger partial charge in [0.15, 0.2) is 0 Å². The maximum atomic E-state index is 11.8. The van der Waals surface area contributed by atoms with Crippen LogP contribution in [0.4, 0.5) is 17.1 Å². The summed E-state index contributed by atoms with van der Waals surface area (Å²) in [5.74, 6) is 0. The minimum absolute atomic E-state index is 0.00857. The number of rotatable bonds is 3. The molecule has 0 unspecified atom stereocenters. The lowest BCUT2D eigenvalue weighted by atomic mass is 10.2. The summed E-state index contributed by atoms with van der Waals surface area (Å²) in [6, 6.07) is 12.4. The van der Waals surface area contributed by atoms with Crippen molar-refractivity contribution in [1.82, 2.24) is 0 Å². The van der Waals surface area contributed by atoms with Crippen LogP contribution in [0.1, 0.15) is 0 Å². The molecule has 2 rings (SSSR count). The highest BCUT2D eigenvalue weighted by Gasteiger charge is 2.04. The largest absolute Gasteiger partial charge is 0.352 e. The topological polar surface area (TPSA) is 72.2 Å². The Kier molecular flexibility index (Phi) is 3.91. The van der Waals surface area contributed by atoms with Gasteiger partial charge in [0.25, 0.3) is 5.69 Å². The Balaban J connectivity index is 2.29. The van der Waals surface area contributed by atoms with Crippen molar-refractivity contribution >= 4 is 33.0 Å². The Hall–Kier alpha value is -2.21. The highest BCUT2D eigenvalue weighted by atomic mass is 79.9. The predicted molar refractivity (Wildman–Crippen MR) is 76.8 cm³/mol. The number of anilines is 2. The number of nitro groups is 1. The Morgan fingerprint density at radius 1 is 1.00 bits per heavy atom. The SMILES string of the molecule is O=c1ccc(Br)ccc1Nc1ccc([N+](=O)[O-])cc1. The Morgan fingerprint density at radius 3 is 2.26 bits per heavy atom. The molecule has 5 nitrogen and oxygen atoms in total. The van der Waals surface area contributed by atoms with Crippen LogP contribution in [0, 0.1) is 10.1 Å². The average molecular weight is 321 g/mol. The van der Waals surface area contributed by atoms with Crippen molar-refractivity contribution in [2.45, 2.75) is 0 Å². The third-order valence-electron chi connectivity index (χ3n) is 2.43. The third kappa shape index (κ3) is 3.38. The summed E-state index contributed by atoms with van der Waals surface area (Å²) < 4.78 is 0.793. The van der Waals surface area contributed by atoms with Crippen LogP contribution in [-0.2, 0) is 0 Å². The van der Waals surface area contributed by atoms with Crippen LogP contribution in [0.5, 0.6) is 0 Å². The summed E-state index contributed by atoms with van der Waals surface area (Å²) in [6.45, 7) is 0. The highest BCUT2D eigenvalue weighted by Crippen LogP contribution is 2.18. The van der Waals surface area contributed by atoms with E-state index in [0.717, 1.165) is 4.47 Å². The van der Waals surface area contributed by atoms with E-state index in [4.69, 9.17) is 0 Å². The van der Waals surface area contributed by atoms with Gasteiger partial charge in [-0.15, -0.1) is 0 Å². The van der Waals surface area contributed by atoms with E-state index < -0.39 is 4.92 Å². The van der Waals surface area contributed by atoms with Gasteiger partial charge >= 0.3 is 0 Å². The second-order valence-electron chi connectivity index (χ2n) is 3.76. The van der Waals surface area contributed by atoms with Gasteiger partial charge in [-0.25, -0.2) is 0 Å². The summed E-state index contributed by atoms with van der Waals surface area (Å²) in [4.78, 5) is 21.8. The summed E-state index contributed by atoms with van der Waals surface area (Å²) >= 11 is 3.28. The first kappa shape index (κ1) is 13.2. The molecule has 0 amide bonds. The van der Waals surface area contributed by atoms with E-state index in [2.05, 4.69) is 21.2 Å². The van der Waals surface area contributed by atoms with Gasteiger partial charge in [0, 0.05) is 22.3 Å². The van der Waals surface area contributed by atoms with E-state index in [9.17, 15) is 14.9 Å². The molecule has 0 spiro atoms. The number of hydrogen-bond donors (Lipinski definition) is 1. The zero-order chi connectivity index (χ0) is 13.8. The van der Waals surface area contributed by atoms with Crippen molar-refractivity contribution < 1.29 is 4.92 Å². The molecule has 0 fully saturated rings. The molecule has 0 bridgehead atoms. The first-order valence-electron chi connectivity index (χ1n) is 5.37. The lowest BCUT2D eigenvalue weighted by Gasteiger charge is -2.03. The molecule has 0 saturated carbocycles. The second-order valence-corrected chi connectivity index (χ2v) is 4.67. The van der Waals surface area contributed by atoms with E-state index in [1.54, 1.807) is 30.3 Å². The molecular formula is C13H9BrN2O3. The van der Waals surface area contributed by atoms with Gasteiger partial charge < -0.3 is 5.32 Å². The minimum Gasteiger partial charge on any atom is -0.352 e. The number of non-ortho nitro benzene ring substituents is 1. The molecule has 19 heavy (non-hydrogen) atoms. The minimum atomic E-state index is -0.470. The fourth-order valence-electron chi connectivity index (χ4n) is 1.47. The zero-order valence-corrected chi connectivity index (χ0v) is 11.3. The molecule has 1 N–H and O–H groups in total. The molecule has 6 heteroatoms. The molecule has 0 heterocycles. The van der Waals surface area contributed by atoms with Crippen molar-refractivity contribution in [3.8, 4) is 0 Å². The number of benzene rings is 1. The first-order chi connectivity index (χ1) is 9.06. The van der Waals surface area contributed by atoms with Crippen molar-refractivity contribution in [2.24, 2.45) is 0 Å². The van der Waals surface area contributed by atoms with E-state index in [1.807, 2.05) is 0 Å². The van der Waals surface area contributed by atoms with Crippen LogP contribution in [-0.4, -0.2) is 4.92 Å². The fraction of sp³-hybridized carbons (Fsp3) is 0. The molecule has 0 aliphatic heterocycles. The van der Waals surface area contributed by atoms with E-state index >= 15 is 0 Å². The number of nitrogens with zero attached hydrogens (tertiary/aromatic N) is 1. The van der Waals surface area contributed by atoms with E-state index in [0.29, 0.717) is 11.4 Å². The summed E-state index contributed by atoms with van der Waals surface area (Å²) in [5, 5.41) is 13.5. The first-order valence-corrected chi connectivity index (χ1v) is 6.17. The van der Waals surface area contributed by atoms with Gasteiger partial charge in [0.1, 0.15) is 0 Å². The van der Waals surface area contributed by atoms with Crippen molar-refractivity contribution in [2.75, 3.05) is 5.32 Å². The Bertz CT molecular complexity index is 671. The zero-order valence-electron chi connectivity index (χ0n) is 9.67. The van der Waals surface area contributed by atoms with Crippen LogP contribution in [0.3, 0.4) is 0 Å². The summed E-state index contributed by atoms with van der Waals surface area (Å²) in [6.07, 6.45) is 0. The van der Waals surface area contributed by atoms with Gasteiger partial charge in [-0.1, -0.05) is 15.9 Å². The standard InChI is InChI=1S/C13H9BrN2O3/c14-9-1-7-12(13(17)8-2-9)15-10-3-5-11(6-4-10)16(18)19/h1-8H,(H,15,17). The quantitative estimate of drug-likeness (QED) is 0.694. The average Bonchev–Trinajstić information content (AvgIpc) is 2.55. The molecule has 0 radical (unpaired) electrons. The molecule has 0 saturated heterocycles. The van der Waals surface area contributed by atoms with E-state index in [1.165, 1.54) is 18.2 Å². The maximum absolute atomic E-state index is 11.8. The van der Waals surface area contributed by atoms with Crippen molar-refractivity contribution in [3.63, 3.8) is 0 Å². The molecular weight excluding hydrogens is 312 g/mol. The summed E-state index contributed by atoms with van der Waals surface area (Å²) in [5.41, 5.74) is 0.864. The number of hydrogen-bond acceptors (Lipinski definition) is 4. The molecule has 0 aromatic heterocycles. The fourth-order valence-corrected chi connectivity index (χ4v) is 1.74. The molecule has 2 aromatic rings. The normalized spacial score (nSPS) is 9.95. The van der Waals surface area contributed by atoms with Crippen LogP contribution >= 0.6 is 15.9 Å². The van der Waals surface area contributed by atoms with Crippen LogP contribution in [0.25, 0.3) is 0 Å². The molecule has 0 aliphatic carbocycles. The van der Waals surface area contributed by atoms with Crippen molar-refractivity contribution in [1.29, 1.82) is 0 Å². The number of nitro benzene ring substituents is 1. The monoisotopic (exact) mass is 320 g/mol. The number of halogens is 1. The van der Waals surface area contributed by atoms with Crippen LogP contribution < -0.4 is 10.7 Å². The van der Waals surface area contributed by atoms with Gasteiger partial charge in [-0.3, -0.25) is 14.9 Å². The van der Waals surface area contributed by atoms with Crippen molar-refractivity contribution in [3.05, 3.63) is 73.3 Å². The molecule has 0 aliphatic rings. The van der Waals surface area contributed by atoms with E-state index in [-0.39, 0.29) is 11.1 Å². The smallest absolute Gasteiger partial charge is 0.269 e. The van der Waals surface area contributed by atoms with Gasteiger partial charge in [-0.2, -0.15) is 0 Å². The molecule has 0 atom stereocenters. The lowest BCUT2D eigenvalue weighted by Crippen LogP contribution is -2.03. The third-order valence-corrected chi connectivity index (χ3v) is 2.95. The lowest BCUT2D eigenvalue weighted by molar-refractivity contribution is -0.384. The maximum Gasteiger partial charge on any atom is 0.269 e. The second kappa shape index (κ2) is 5.62. The highest BCUT2D eigenvalue weighted by molar-refractivity contribution is 9.10. The molecule has 96 valence electrons. The predicted octanol–water partition coefficient (Wildman–Crippen LogP) is 3.46.